The first-order valence-electron chi connectivity index (χ1n) is 7.32. The van der Waals surface area contributed by atoms with E-state index in [-0.39, 0.29) is 12.5 Å². The summed E-state index contributed by atoms with van der Waals surface area (Å²) in [5, 5.41) is 13.7. The number of benzene rings is 1. The molecular formula is C17H19NO4. The molecule has 2 N–H and O–H groups in total. The van der Waals surface area contributed by atoms with Crippen LogP contribution in [0.2, 0.25) is 0 Å². The van der Waals surface area contributed by atoms with E-state index in [4.69, 9.17) is 9.15 Å². The number of methoxy groups -OCH3 is 1. The summed E-state index contributed by atoms with van der Waals surface area (Å²) >= 11 is 0. The predicted octanol–water partition coefficient (Wildman–Crippen LogP) is 2.24. The lowest BCUT2D eigenvalue weighted by molar-refractivity contribution is 0.0189. The SMILES string of the molecule is COc1ccc2c(c1)CCC[C@@]2(O)CNC(=O)c1ccoc1. The van der Waals surface area contributed by atoms with Crippen LogP contribution >= 0.6 is 0 Å². The van der Waals surface area contributed by atoms with E-state index in [0.717, 1.165) is 29.7 Å². The topological polar surface area (TPSA) is 71.7 Å². The fourth-order valence-corrected chi connectivity index (χ4v) is 2.97. The van der Waals surface area contributed by atoms with Crippen molar-refractivity contribution in [3.05, 3.63) is 53.5 Å². The van der Waals surface area contributed by atoms with Crippen LogP contribution < -0.4 is 10.1 Å². The molecule has 0 saturated carbocycles. The quantitative estimate of drug-likeness (QED) is 0.908. The molecular weight excluding hydrogens is 282 g/mol. The van der Waals surface area contributed by atoms with Crippen molar-refractivity contribution in [2.24, 2.45) is 0 Å². The molecule has 0 spiro atoms. The van der Waals surface area contributed by atoms with Crippen LogP contribution in [0.15, 0.2) is 41.2 Å². The van der Waals surface area contributed by atoms with Gasteiger partial charge in [-0.2, -0.15) is 0 Å². The summed E-state index contributed by atoms with van der Waals surface area (Å²) in [6.07, 6.45) is 5.24. The van der Waals surface area contributed by atoms with E-state index in [1.165, 1.54) is 12.5 Å². The summed E-state index contributed by atoms with van der Waals surface area (Å²) in [6.45, 7) is 0.177. The van der Waals surface area contributed by atoms with Crippen molar-refractivity contribution in [1.82, 2.24) is 5.32 Å². The van der Waals surface area contributed by atoms with E-state index in [1.807, 2.05) is 18.2 Å². The molecule has 1 heterocycles. The molecule has 1 aliphatic carbocycles. The molecule has 0 bridgehead atoms. The van der Waals surface area contributed by atoms with Gasteiger partial charge in [0.15, 0.2) is 0 Å². The summed E-state index contributed by atoms with van der Waals surface area (Å²) in [4.78, 5) is 12.0. The van der Waals surface area contributed by atoms with Crippen LogP contribution in [0, 0.1) is 0 Å². The van der Waals surface area contributed by atoms with Gasteiger partial charge in [-0.3, -0.25) is 4.79 Å². The second-order valence-corrected chi connectivity index (χ2v) is 5.60. The summed E-state index contributed by atoms with van der Waals surface area (Å²) in [6, 6.07) is 7.28. The monoisotopic (exact) mass is 301 g/mol. The molecule has 0 radical (unpaired) electrons. The van der Waals surface area contributed by atoms with Crippen LogP contribution in [0.25, 0.3) is 0 Å². The Labute approximate surface area is 128 Å². The molecule has 3 rings (SSSR count). The van der Waals surface area contributed by atoms with Crippen LogP contribution in [-0.4, -0.2) is 24.7 Å². The van der Waals surface area contributed by atoms with E-state index in [0.29, 0.717) is 12.0 Å². The molecule has 0 unspecified atom stereocenters. The average Bonchev–Trinajstić information content (AvgIpc) is 3.07. The van der Waals surface area contributed by atoms with Gasteiger partial charge >= 0.3 is 0 Å². The molecule has 1 atom stereocenters. The number of fused-ring (bicyclic) bond motifs is 1. The summed E-state index contributed by atoms with van der Waals surface area (Å²) in [5.41, 5.74) is 1.35. The highest BCUT2D eigenvalue weighted by Gasteiger charge is 2.35. The third-order valence-corrected chi connectivity index (χ3v) is 4.17. The maximum absolute atomic E-state index is 12.0. The number of ether oxygens (including phenoxy) is 1. The third kappa shape index (κ3) is 2.72. The summed E-state index contributed by atoms with van der Waals surface area (Å²) in [7, 11) is 1.63. The fraction of sp³-hybridized carbons (Fsp3) is 0.353. The van der Waals surface area contributed by atoms with Gasteiger partial charge in [-0.25, -0.2) is 0 Å². The lowest BCUT2D eigenvalue weighted by atomic mass is 9.79. The zero-order chi connectivity index (χ0) is 15.6. The number of hydrogen-bond donors (Lipinski definition) is 2. The first-order chi connectivity index (χ1) is 10.6. The number of amides is 1. The lowest BCUT2D eigenvalue weighted by Gasteiger charge is -2.34. The molecule has 2 aromatic rings. The van der Waals surface area contributed by atoms with E-state index >= 15 is 0 Å². The van der Waals surface area contributed by atoms with Gasteiger partial charge in [0.2, 0.25) is 0 Å². The molecule has 5 nitrogen and oxygen atoms in total. The third-order valence-electron chi connectivity index (χ3n) is 4.17. The molecule has 1 aromatic heterocycles. The van der Waals surface area contributed by atoms with E-state index in [9.17, 15) is 9.90 Å². The lowest BCUT2D eigenvalue weighted by Crippen LogP contribution is -2.42. The number of hydrogen-bond acceptors (Lipinski definition) is 4. The fourth-order valence-electron chi connectivity index (χ4n) is 2.97. The first kappa shape index (κ1) is 14.7. The van der Waals surface area contributed by atoms with Crippen LogP contribution in [0.1, 0.15) is 34.3 Å². The van der Waals surface area contributed by atoms with Gasteiger partial charge in [0.05, 0.1) is 25.5 Å². The van der Waals surface area contributed by atoms with Crippen molar-refractivity contribution in [2.45, 2.75) is 24.9 Å². The van der Waals surface area contributed by atoms with E-state index < -0.39 is 5.60 Å². The Kier molecular flexibility index (Phi) is 3.90. The second kappa shape index (κ2) is 5.85. The Morgan fingerprint density at radius 2 is 2.32 bits per heavy atom. The highest BCUT2D eigenvalue weighted by atomic mass is 16.5. The van der Waals surface area contributed by atoms with Gasteiger partial charge in [-0.15, -0.1) is 0 Å². The van der Waals surface area contributed by atoms with Crippen molar-refractivity contribution in [3.63, 3.8) is 0 Å². The molecule has 1 aromatic carbocycles. The number of rotatable bonds is 4. The van der Waals surface area contributed by atoms with Gasteiger partial charge < -0.3 is 19.6 Å². The van der Waals surface area contributed by atoms with Gasteiger partial charge in [0, 0.05) is 0 Å². The van der Waals surface area contributed by atoms with Crippen LogP contribution in [0.5, 0.6) is 5.75 Å². The van der Waals surface area contributed by atoms with Crippen LogP contribution in [0.4, 0.5) is 0 Å². The van der Waals surface area contributed by atoms with Gasteiger partial charge in [0.1, 0.15) is 17.6 Å². The Bertz CT molecular complexity index is 665. The Morgan fingerprint density at radius 3 is 3.05 bits per heavy atom. The maximum Gasteiger partial charge on any atom is 0.254 e. The smallest absolute Gasteiger partial charge is 0.254 e. The molecule has 1 amide bonds. The van der Waals surface area contributed by atoms with Crippen molar-refractivity contribution in [1.29, 1.82) is 0 Å². The van der Waals surface area contributed by atoms with Gasteiger partial charge in [-0.05, 0) is 48.6 Å². The maximum atomic E-state index is 12.0. The highest BCUT2D eigenvalue weighted by molar-refractivity contribution is 5.93. The average molecular weight is 301 g/mol. The van der Waals surface area contributed by atoms with E-state index in [1.54, 1.807) is 13.2 Å². The normalized spacial score (nSPS) is 20.3. The predicted molar refractivity (Wildman–Crippen MR) is 80.9 cm³/mol. The number of aryl methyl sites for hydroxylation is 1. The number of furan rings is 1. The molecule has 0 fully saturated rings. The summed E-state index contributed by atoms with van der Waals surface area (Å²) < 4.78 is 10.1. The van der Waals surface area contributed by atoms with Gasteiger partial charge in [-0.1, -0.05) is 6.07 Å². The van der Waals surface area contributed by atoms with Crippen LogP contribution in [0.3, 0.4) is 0 Å². The minimum Gasteiger partial charge on any atom is -0.497 e. The molecule has 5 heteroatoms. The molecule has 1 aliphatic rings. The molecule has 116 valence electrons. The van der Waals surface area contributed by atoms with E-state index in [2.05, 4.69) is 5.32 Å². The van der Waals surface area contributed by atoms with Crippen molar-refractivity contribution >= 4 is 5.91 Å². The number of aliphatic hydroxyl groups is 1. The highest BCUT2D eigenvalue weighted by Crippen LogP contribution is 2.36. The Morgan fingerprint density at radius 1 is 1.45 bits per heavy atom. The number of carbonyl (C=O) groups excluding carboxylic acids is 1. The molecule has 0 saturated heterocycles. The first-order valence-corrected chi connectivity index (χ1v) is 7.32. The minimum absolute atomic E-state index is 0.177. The summed E-state index contributed by atoms with van der Waals surface area (Å²) in [5.74, 6) is 0.535. The zero-order valence-corrected chi connectivity index (χ0v) is 12.5. The van der Waals surface area contributed by atoms with Crippen molar-refractivity contribution < 1.29 is 19.1 Å². The second-order valence-electron chi connectivity index (χ2n) is 5.60. The largest absolute Gasteiger partial charge is 0.497 e. The van der Waals surface area contributed by atoms with Crippen molar-refractivity contribution in [3.8, 4) is 5.75 Å². The number of nitrogens with one attached hydrogen (secondary N) is 1. The molecule has 22 heavy (non-hydrogen) atoms. The molecule has 0 aliphatic heterocycles. The Balaban J connectivity index is 1.78. The zero-order valence-electron chi connectivity index (χ0n) is 12.5. The van der Waals surface area contributed by atoms with Crippen LogP contribution in [-0.2, 0) is 12.0 Å². The standard InChI is InChI=1S/C17H19NO4/c1-21-14-4-5-15-12(9-14)3-2-7-17(15,20)11-18-16(19)13-6-8-22-10-13/h4-6,8-10,20H,2-3,7,11H2,1H3,(H,18,19)/t17-/m1/s1. The van der Waals surface area contributed by atoms with Crippen molar-refractivity contribution in [2.75, 3.05) is 13.7 Å². The minimum atomic E-state index is -1.04. The van der Waals surface area contributed by atoms with Gasteiger partial charge in [0.25, 0.3) is 5.91 Å². The number of carbonyl (C=O) groups is 1. The Hall–Kier alpha value is -2.27.